The number of benzene rings is 1. The molecule has 1 aliphatic heterocycles. The van der Waals surface area contributed by atoms with Crippen molar-refractivity contribution in [2.45, 2.75) is 11.3 Å². The summed E-state index contributed by atoms with van der Waals surface area (Å²) in [6.45, 7) is 0. The first-order chi connectivity index (χ1) is 10.8. The Hall–Kier alpha value is -2.15. The van der Waals surface area contributed by atoms with Crippen LogP contribution < -0.4 is 4.90 Å². The Balaban J connectivity index is 1.81. The van der Waals surface area contributed by atoms with Gasteiger partial charge >= 0.3 is 0 Å². The third-order valence-corrected chi connectivity index (χ3v) is 6.20. The van der Waals surface area contributed by atoms with Gasteiger partial charge in [0.05, 0.1) is 22.4 Å². The van der Waals surface area contributed by atoms with E-state index >= 15 is 0 Å². The van der Waals surface area contributed by atoms with Crippen LogP contribution in [0.3, 0.4) is 0 Å². The van der Waals surface area contributed by atoms with Gasteiger partial charge in [-0.2, -0.15) is 0 Å². The van der Waals surface area contributed by atoms with Gasteiger partial charge in [-0.3, -0.25) is 9.59 Å². The van der Waals surface area contributed by atoms with Gasteiger partial charge in [0.2, 0.25) is 11.8 Å². The molecule has 0 aromatic heterocycles. The summed E-state index contributed by atoms with van der Waals surface area (Å²) in [6, 6.07) is 3.65. The number of phenolic OH excluding ortho intramolecular Hbond substituents is 1. The minimum Gasteiger partial charge on any atom is -0.506 e. The summed E-state index contributed by atoms with van der Waals surface area (Å²) in [5, 5.41) is 10.1. The lowest BCUT2D eigenvalue weighted by Crippen LogP contribution is -2.33. The molecule has 23 heavy (non-hydrogen) atoms. The van der Waals surface area contributed by atoms with Crippen LogP contribution in [-0.2, 0) is 19.4 Å². The number of hydrogen-bond acceptors (Lipinski definition) is 5. The number of aromatic hydroxyl groups is 1. The van der Waals surface area contributed by atoms with Gasteiger partial charge in [-0.05, 0) is 36.5 Å². The Morgan fingerprint density at radius 3 is 2.17 bits per heavy atom. The molecule has 1 aromatic rings. The Labute approximate surface area is 133 Å². The van der Waals surface area contributed by atoms with Gasteiger partial charge in [0.25, 0.3) is 0 Å². The standard InChI is InChI=1S/C16H15NO5S/c1-23(21,22)10-4-5-12(18)11(7-10)17-15(19)13-8-2-3-9(6-8)14(13)16(17)20/h2-5,7-9,13-14,18H,6H2,1H3/t8-,9-,13+,14+/m0/s1. The molecule has 4 rings (SSSR count). The minimum atomic E-state index is -3.51. The number of imide groups is 1. The predicted octanol–water partition coefficient (Wildman–Crippen LogP) is 1.11. The summed E-state index contributed by atoms with van der Waals surface area (Å²) in [4.78, 5) is 26.3. The number of anilines is 1. The maximum absolute atomic E-state index is 12.7. The summed E-state index contributed by atoms with van der Waals surface area (Å²) in [5.74, 6) is -1.63. The highest BCUT2D eigenvalue weighted by molar-refractivity contribution is 7.90. The third-order valence-electron chi connectivity index (χ3n) is 5.09. The van der Waals surface area contributed by atoms with Crippen LogP contribution in [-0.4, -0.2) is 31.6 Å². The van der Waals surface area contributed by atoms with Crippen LogP contribution >= 0.6 is 0 Å². The van der Waals surface area contributed by atoms with E-state index in [2.05, 4.69) is 0 Å². The number of rotatable bonds is 2. The summed E-state index contributed by atoms with van der Waals surface area (Å²) < 4.78 is 23.4. The maximum Gasteiger partial charge on any atom is 0.238 e. The van der Waals surface area contributed by atoms with Gasteiger partial charge in [-0.25, -0.2) is 13.3 Å². The fourth-order valence-electron chi connectivity index (χ4n) is 4.05. The highest BCUT2D eigenvalue weighted by atomic mass is 32.2. The van der Waals surface area contributed by atoms with Crippen molar-refractivity contribution in [1.82, 2.24) is 0 Å². The van der Waals surface area contributed by atoms with Crippen molar-refractivity contribution in [3.63, 3.8) is 0 Å². The monoisotopic (exact) mass is 333 g/mol. The van der Waals surface area contributed by atoms with Crippen molar-refractivity contribution in [1.29, 1.82) is 0 Å². The molecule has 1 N–H and O–H groups in total. The lowest BCUT2D eigenvalue weighted by atomic mass is 9.85. The molecule has 2 aliphatic carbocycles. The lowest BCUT2D eigenvalue weighted by Gasteiger charge is -2.19. The molecular formula is C16H15NO5S. The average Bonchev–Trinajstić information content (AvgIpc) is 3.13. The number of sulfone groups is 1. The van der Waals surface area contributed by atoms with Gasteiger partial charge in [0, 0.05) is 6.26 Å². The quantitative estimate of drug-likeness (QED) is 0.646. The molecule has 1 aromatic carbocycles. The summed E-state index contributed by atoms with van der Waals surface area (Å²) in [6.07, 6.45) is 5.81. The van der Waals surface area contributed by atoms with E-state index in [-0.39, 0.29) is 40.0 Å². The molecule has 7 heteroatoms. The average molecular weight is 333 g/mol. The molecule has 6 nitrogen and oxygen atoms in total. The number of hydrogen-bond donors (Lipinski definition) is 1. The lowest BCUT2D eigenvalue weighted by molar-refractivity contribution is -0.123. The number of fused-ring (bicyclic) bond motifs is 5. The maximum atomic E-state index is 12.7. The van der Waals surface area contributed by atoms with Gasteiger partial charge in [-0.15, -0.1) is 0 Å². The van der Waals surface area contributed by atoms with Crippen LogP contribution in [0.1, 0.15) is 6.42 Å². The van der Waals surface area contributed by atoms with E-state index in [0.717, 1.165) is 17.6 Å². The normalized spacial score (nSPS) is 32.0. The summed E-state index contributed by atoms with van der Waals surface area (Å²) in [5.41, 5.74) is -0.0447. The first-order valence-electron chi connectivity index (χ1n) is 7.38. The van der Waals surface area contributed by atoms with E-state index in [1.807, 2.05) is 12.2 Å². The minimum absolute atomic E-state index is 0.0379. The van der Waals surface area contributed by atoms with E-state index in [9.17, 15) is 23.1 Å². The number of allylic oxidation sites excluding steroid dienone is 2. The topological polar surface area (TPSA) is 91.8 Å². The van der Waals surface area contributed by atoms with Crippen molar-refractivity contribution in [2.24, 2.45) is 23.7 Å². The summed E-state index contributed by atoms with van der Waals surface area (Å²) >= 11 is 0. The number of carbonyl (C=O) groups excluding carboxylic acids is 2. The Bertz CT molecular complexity index is 842. The van der Waals surface area contributed by atoms with Gasteiger partial charge in [-0.1, -0.05) is 12.2 Å². The number of phenols is 1. The zero-order valence-corrected chi connectivity index (χ0v) is 13.2. The largest absolute Gasteiger partial charge is 0.506 e. The van der Waals surface area contributed by atoms with E-state index in [1.54, 1.807) is 0 Å². The molecule has 1 saturated carbocycles. The molecule has 4 atom stereocenters. The smallest absolute Gasteiger partial charge is 0.238 e. The van der Waals surface area contributed by atoms with Gasteiger partial charge < -0.3 is 5.11 Å². The molecule has 3 aliphatic rings. The first kappa shape index (κ1) is 14.4. The summed E-state index contributed by atoms with van der Waals surface area (Å²) in [7, 11) is -3.51. The van der Waals surface area contributed by atoms with Gasteiger partial charge in [0.15, 0.2) is 9.84 Å². The Kier molecular flexibility index (Phi) is 2.79. The van der Waals surface area contributed by atoms with Crippen molar-refractivity contribution in [3.05, 3.63) is 30.4 Å². The van der Waals surface area contributed by atoms with Crippen molar-refractivity contribution >= 4 is 27.3 Å². The second kappa shape index (κ2) is 4.44. The number of carbonyl (C=O) groups is 2. The van der Waals surface area contributed by atoms with Crippen LogP contribution in [0, 0.1) is 23.7 Å². The van der Waals surface area contributed by atoms with Crippen LogP contribution in [0.25, 0.3) is 0 Å². The zero-order valence-electron chi connectivity index (χ0n) is 12.3. The van der Waals surface area contributed by atoms with Crippen LogP contribution in [0.2, 0.25) is 0 Å². The Morgan fingerprint density at radius 2 is 1.65 bits per heavy atom. The van der Waals surface area contributed by atoms with E-state index < -0.39 is 21.7 Å². The van der Waals surface area contributed by atoms with E-state index in [4.69, 9.17) is 0 Å². The first-order valence-corrected chi connectivity index (χ1v) is 9.27. The molecular weight excluding hydrogens is 318 g/mol. The zero-order chi connectivity index (χ0) is 16.5. The van der Waals surface area contributed by atoms with Crippen LogP contribution in [0.5, 0.6) is 5.75 Å². The molecule has 2 amide bonds. The molecule has 2 fully saturated rings. The third kappa shape index (κ3) is 1.89. The molecule has 0 spiro atoms. The highest BCUT2D eigenvalue weighted by Gasteiger charge is 2.59. The second-order valence-electron chi connectivity index (χ2n) is 6.43. The fraction of sp³-hybridized carbons (Fsp3) is 0.375. The fourth-order valence-corrected chi connectivity index (χ4v) is 4.69. The van der Waals surface area contributed by atoms with Crippen molar-refractivity contribution in [2.75, 3.05) is 11.2 Å². The molecule has 1 saturated heterocycles. The predicted molar refractivity (Wildman–Crippen MR) is 81.4 cm³/mol. The van der Waals surface area contributed by atoms with Crippen molar-refractivity contribution in [3.8, 4) is 5.75 Å². The Morgan fingerprint density at radius 1 is 1.09 bits per heavy atom. The van der Waals surface area contributed by atoms with Gasteiger partial charge in [0.1, 0.15) is 5.75 Å². The number of nitrogens with zero attached hydrogens (tertiary/aromatic N) is 1. The van der Waals surface area contributed by atoms with Crippen LogP contribution in [0.4, 0.5) is 5.69 Å². The van der Waals surface area contributed by atoms with Crippen molar-refractivity contribution < 1.29 is 23.1 Å². The van der Waals surface area contributed by atoms with E-state index in [0.29, 0.717) is 0 Å². The second-order valence-corrected chi connectivity index (χ2v) is 8.45. The molecule has 120 valence electrons. The molecule has 1 heterocycles. The molecule has 0 unspecified atom stereocenters. The van der Waals surface area contributed by atoms with E-state index in [1.165, 1.54) is 18.2 Å². The molecule has 0 radical (unpaired) electrons. The highest BCUT2D eigenvalue weighted by Crippen LogP contribution is 2.53. The molecule has 2 bridgehead atoms. The number of amides is 2. The SMILES string of the molecule is CS(=O)(=O)c1ccc(O)c(N2C(=O)[C@H]3[C@H](C2=O)[C@H]2C=C[C@H]3C2)c1. The van der Waals surface area contributed by atoms with Crippen LogP contribution in [0.15, 0.2) is 35.2 Å².